The van der Waals surface area contributed by atoms with E-state index in [0.717, 1.165) is 18.9 Å². The Hall–Kier alpha value is -0.830. The van der Waals surface area contributed by atoms with Crippen LogP contribution >= 0.6 is 11.6 Å². The summed E-state index contributed by atoms with van der Waals surface area (Å²) in [5, 5.41) is 0.469. The molecule has 0 radical (unpaired) electrons. The summed E-state index contributed by atoms with van der Waals surface area (Å²) in [5.74, 6) is 0.977. The lowest BCUT2D eigenvalue weighted by atomic mass is 9.95. The predicted molar refractivity (Wildman–Crippen MR) is 60.2 cm³/mol. The molecule has 1 aliphatic carbocycles. The maximum atomic E-state index is 5.73. The number of halogens is 1. The summed E-state index contributed by atoms with van der Waals surface area (Å²) >= 11 is 5.73. The van der Waals surface area contributed by atoms with Gasteiger partial charge in [-0.1, -0.05) is 11.6 Å². The van der Waals surface area contributed by atoms with Crippen LogP contribution in [-0.2, 0) is 0 Å². The van der Waals surface area contributed by atoms with Gasteiger partial charge in [0.15, 0.2) is 0 Å². The minimum atomic E-state index is 0.469. The number of aromatic nitrogens is 2. The molecule has 1 aromatic heterocycles. The van der Waals surface area contributed by atoms with E-state index in [9.17, 15) is 0 Å². The zero-order chi connectivity index (χ0) is 10.3. The van der Waals surface area contributed by atoms with E-state index in [1.165, 1.54) is 25.7 Å². The molecule has 0 atom stereocenters. The van der Waals surface area contributed by atoms with E-state index in [1.807, 2.05) is 0 Å². The molecule has 2 aliphatic rings. The van der Waals surface area contributed by atoms with Crippen molar-refractivity contribution in [3.63, 3.8) is 0 Å². The van der Waals surface area contributed by atoms with Gasteiger partial charge in [0.05, 0.1) is 12.4 Å². The van der Waals surface area contributed by atoms with E-state index in [0.29, 0.717) is 10.6 Å². The molecule has 80 valence electrons. The molecular weight excluding hydrogens is 210 g/mol. The molecule has 3 nitrogen and oxygen atoms in total. The fraction of sp³-hybridized carbons (Fsp3) is 0.636. The SMILES string of the molecule is Clc1cnc(N2CCCC3(CC3)C2)cn1. The summed E-state index contributed by atoms with van der Waals surface area (Å²) in [6.07, 6.45) is 8.87. The van der Waals surface area contributed by atoms with E-state index in [2.05, 4.69) is 14.9 Å². The van der Waals surface area contributed by atoms with Gasteiger partial charge in [0.1, 0.15) is 11.0 Å². The van der Waals surface area contributed by atoms with Crippen LogP contribution in [0.4, 0.5) is 5.82 Å². The Labute approximate surface area is 94.5 Å². The van der Waals surface area contributed by atoms with Crippen LogP contribution in [0.5, 0.6) is 0 Å². The average molecular weight is 224 g/mol. The van der Waals surface area contributed by atoms with Gasteiger partial charge in [-0.05, 0) is 31.1 Å². The normalized spacial score (nSPS) is 23.1. The van der Waals surface area contributed by atoms with Gasteiger partial charge in [-0.15, -0.1) is 0 Å². The summed E-state index contributed by atoms with van der Waals surface area (Å²) in [6, 6.07) is 0. The van der Waals surface area contributed by atoms with Crippen LogP contribution in [0.3, 0.4) is 0 Å². The zero-order valence-electron chi connectivity index (χ0n) is 8.62. The van der Waals surface area contributed by atoms with Gasteiger partial charge in [-0.3, -0.25) is 0 Å². The molecule has 4 heteroatoms. The molecule has 1 aliphatic heterocycles. The van der Waals surface area contributed by atoms with Gasteiger partial charge in [0.2, 0.25) is 0 Å². The van der Waals surface area contributed by atoms with E-state index in [4.69, 9.17) is 11.6 Å². The summed E-state index contributed by atoms with van der Waals surface area (Å²) in [5.41, 5.74) is 0.625. The van der Waals surface area contributed by atoms with Crippen molar-refractivity contribution in [2.45, 2.75) is 25.7 Å². The Bertz CT molecular complexity index is 359. The zero-order valence-corrected chi connectivity index (χ0v) is 9.37. The maximum absolute atomic E-state index is 5.73. The van der Waals surface area contributed by atoms with Crippen LogP contribution in [0, 0.1) is 5.41 Å². The summed E-state index contributed by atoms with van der Waals surface area (Å²) < 4.78 is 0. The number of nitrogens with zero attached hydrogens (tertiary/aromatic N) is 3. The molecule has 0 unspecified atom stereocenters. The Balaban J connectivity index is 1.78. The number of hydrogen-bond donors (Lipinski definition) is 0. The Kier molecular flexibility index (Phi) is 2.09. The fourth-order valence-electron chi connectivity index (χ4n) is 2.46. The van der Waals surface area contributed by atoms with E-state index >= 15 is 0 Å². The third-order valence-electron chi connectivity index (χ3n) is 3.55. The van der Waals surface area contributed by atoms with Gasteiger partial charge in [0, 0.05) is 13.1 Å². The monoisotopic (exact) mass is 223 g/mol. The molecular formula is C11H14ClN3. The van der Waals surface area contributed by atoms with Gasteiger partial charge in [-0.2, -0.15) is 0 Å². The number of piperidine rings is 1. The molecule has 2 heterocycles. The van der Waals surface area contributed by atoms with Crippen molar-refractivity contribution < 1.29 is 0 Å². The highest BCUT2D eigenvalue weighted by atomic mass is 35.5. The van der Waals surface area contributed by atoms with Gasteiger partial charge >= 0.3 is 0 Å². The quantitative estimate of drug-likeness (QED) is 0.733. The van der Waals surface area contributed by atoms with Crippen LogP contribution < -0.4 is 4.90 Å². The smallest absolute Gasteiger partial charge is 0.147 e. The second-order valence-corrected chi connectivity index (χ2v) is 5.11. The molecule has 2 fully saturated rings. The first-order valence-corrected chi connectivity index (χ1v) is 5.88. The van der Waals surface area contributed by atoms with Gasteiger partial charge < -0.3 is 4.90 Å². The molecule has 0 N–H and O–H groups in total. The van der Waals surface area contributed by atoms with Crippen molar-refractivity contribution in [3.05, 3.63) is 17.5 Å². The molecule has 0 aromatic carbocycles. The molecule has 1 saturated heterocycles. The van der Waals surface area contributed by atoms with E-state index < -0.39 is 0 Å². The predicted octanol–water partition coefficient (Wildman–Crippen LogP) is 2.51. The van der Waals surface area contributed by atoms with Gasteiger partial charge in [-0.25, -0.2) is 9.97 Å². The molecule has 0 bridgehead atoms. The minimum absolute atomic E-state index is 0.469. The first-order chi connectivity index (χ1) is 7.27. The van der Waals surface area contributed by atoms with Crippen LogP contribution in [0.25, 0.3) is 0 Å². The van der Waals surface area contributed by atoms with E-state index in [-0.39, 0.29) is 0 Å². The Morgan fingerprint density at radius 3 is 2.73 bits per heavy atom. The molecule has 0 amide bonds. The van der Waals surface area contributed by atoms with E-state index in [1.54, 1.807) is 12.4 Å². The fourth-order valence-corrected chi connectivity index (χ4v) is 2.55. The van der Waals surface area contributed by atoms with Crippen molar-refractivity contribution in [1.29, 1.82) is 0 Å². The third kappa shape index (κ3) is 1.81. The van der Waals surface area contributed by atoms with Crippen LogP contribution in [0.2, 0.25) is 5.15 Å². The lowest BCUT2D eigenvalue weighted by Gasteiger charge is -2.33. The highest BCUT2D eigenvalue weighted by Crippen LogP contribution is 2.52. The van der Waals surface area contributed by atoms with Crippen LogP contribution in [0.1, 0.15) is 25.7 Å². The lowest BCUT2D eigenvalue weighted by Crippen LogP contribution is -2.36. The first-order valence-electron chi connectivity index (χ1n) is 5.50. The topological polar surface area (TPSA) is 29.0 Å². The molecule has 15 heavy (non-hydrogen) atoms. The lowest BCUT2D eigenvalue weighted by molar-refractivity contribution is 0.393. The second kappa shape index (κ2) is 3.34. The Morgan fingerprint density at radius 2 is 2.07 bits per heavy atom. The Morgan fingerprint density at radius 1 is 1.20 bits per heavy atom. The summed E-state index contributed by atoms with van der Waals surface area (Å²) in [6.45, 7) is 2.27. The maximum Gasteiger partial charge on any atom is 0.147 e. The van der Waals surface area contributed by atoms with Crippen molar-refractivity contribution >= 4 is 17.4 Å². The molecule has 1 saturated carbocycles. The highest BCUT2D eigenvalue weighted by Gasteiger charge is 2.45. The van der Waals surface area contributed by atoms with Crippen molar-refractivity contribution in [2.75, 3.05) is 18.0 Å². The first kappa shape index (κ1) is 9.40. The third-order valence-corrected chi connectivity index (χ3v) is 3.74. The molecule has 1 aromatic rings. The molecule has 1 spiro atoms. The standard InChI is InChI=1S/C11H14ClN3/c12-9-6-14-10(7-13-9)15-5-1-2-11(8-15)3-4-11/h6-7H,1-5,8H2. The minimum Gasteiger partial charge on any atom is -0.355 e. The summed E-state index contributed by atoms with van der Waals surface area (Å²) in [7, 11) is 0. The van der Waals surface area contributed by atoms with Crippen LogP contribution in [0.15, 0.2) is 12.4 Å². The highest BCUT2D eigenvalue weighted by molar-refractivity contribution is 6.29. The number of hydrogen-bond acceptors (Lipinski definition) is 3. The number of anilines is 1. The van der Waals surface area contributed by atoms with Crippen molar-refractivity contribution in [2.24, 2.45) is 5.41 Å². The number of rotatable bonds is 1. The summed E-state index contributed by atoms with van der Waals surface area (Å²) in [4.78, 5) is 10.8. The van der Waals surface area contributed by atoms with Crippen molar-refractivity contribution in [3.8, 4) is 0 Å². The van der Waals surface area contributed by atoms with Crippen molar-refractivity contribution in [1.82, 2.24) is 9.97 Å². The largest absolute Gasteiger partial charge is 0.355 e. The second-order valence-electron chi connectivity index (χ2n) is 4.72. The van der Waals surface area contributed by atoms with Crippen LogP contribution in [-0.4, -0.2) is 23.1 Å². The van der Waals surface area contributed by atoms with Gasteiger partial charge in [0.25, 0.3) is 0 Å². The average Bonchev–Trinajstić information content (AvgIpc) is 2.99. The molecule has 3 rings (SSSR count).